The van der Waals surface area contributed by atoms with E-state index in [-0.39, 0.29) is 16.7 Å². The quantitative estimate of drug-likeness (QED) is 0.850. The van der Waals surface area contributed by atoms with Gasteiger partial charge >= 0.3 is 0 Å². The summed E-state index contributed by atoms with van der Waals surface area (Å²) in [6, 6.07) is 4.81. The van der Waals surface area contributed by atoms with Crippen LogP contribution in [0.2, 0.25) is 0 Å². The lowest BCUT2D eigenvalue weighted by Crippen LogP contribution is -2.49. The molecule has 5 nitrogen and oxygen atoms in total. The van der Waals surface area contributed by atoms with Gasteiger partial charge < -0.3 is 0 Å². The first-order valence-electron chi connectivity index (χ1n) is 5.29. The van der Waals surface area contributed by atoms with Crippen molar-refractivity contribution >= 4 is 56.0 Å². The van der Waals surface area contributed by atoms with Crippen molar-refractivity contribution in [1.29, 1.82) is 0 Å². The zero-order valence-electron chi connectivity index (χ0n) is 9.93. The van der Waals surface area contributed by atoms with Crippen LogP contribution < -0.4 is 4.72 Å². The minimum absolute atomic E-state index is 0.0705. The fraction of sp³-hybridized carbons (Fsp3) is 0.400. The summed E-state index contributed by atoms with van der Waals surface area (Å²) in [4.78, 5) is 0.0835. The van der Waals surface area contributed by atoms with Gasteiger partial charge in [-0.1, -0.05) is 6.07 Å². The fourth-order valence-electron chi connectivity index (χ4n) is 1.47. The first kappa shape index (κ1) is 14.9. The third-order valence-electron chi connectivity index (χ3n) is 2.51. The first-order chi connectivity index (χ1) is 8.92. The zero-order valence-corrected chi connectivity index (χ0v) is 13.1. The first-order valence-corrected chi connectivity index (χ1v) is 8.57. The van der Waals surface area contributed by atoms with Gasteiger partial charge in [-0.3, -0.25) is 0 Å². The molecule has 0 fully saturated rings. The van der Waals surface area contributed by atoms with Crippen molar-refractivity contribution < 1.29 is 8.42 Å². The molecule has 1 aliphatic rings. The van der Waals surface area contributed by atoms with Gasteiger partial charge in [0.1, 0.15) is 16.3 Å². The summed E-state index contributed by atoms with van der Waals surface area (Å²) < 4.78 is 35.3. The van der Waals surface area contributed by atoms with Gasteiger partial charge in [0.2, 0.25) is 10.0 Å². The minimum atomic E-state index is -3.75. The monoisotopic (exact) mass is 339 g/mol. The van der Waals surface area contributed by atoms with Crippen molar-refractivity contribution in [3.05, 3.63) is 18.2 Å². The molecular formula is C10H11Cl2N3O2S2. The molecule has 104 valence electrons. The SMILES string of the molecule is CC(CCl)(CCl)NS(=O)(=O)c1cccc2c1N=S=N2. The van der Waals surface area contributed by atoms with Gasteiger partial charge in [-0.2, -0.15) is 8.73 Å². The number of alkyl halides is 2. The van der Waals surface area contributed by atoms with Crippen LogP contribution in [0.3, 0.4) is 0 Å². The van der Waals surface area contributed by atoms with Crippen molar-refractivity contribution in [2.24, 2.45) is 8.73 Å². The van der Waals surface area contributed by atoms with Gasteiger partial charge in [0, 0.05) is 11.8 Å². The Morgan fingerprint density at radius 3 is 2.63 bits per heavy atom. The number of hydrogen-bond donors (Lipinski definition) is 1. The molecule has 0 saturated heterocycles. The lowest BCUT2D eigenvalue weighted by Gasteiger charge is -2.25. The lowest BCUT2D eigenvalue weighted by atomic mass is 10.1. The van der Waals surface area contributed by atoms with Crippen LogP contribution in [-0.4, -0.2) is 25.7 Å². The van der Waals surface area contributed by atoms with Gasteiger partial charge in [-0.15, -0.1) is 23.2 Å². The number of fused-ring (bicyclic) bond motifs is 1. The molecule has 1 aromatic rings. The normalized spacial score (nSPS) is 14.3. The Labute approximate surface area is 125 Å². The van der Waals surface area contributed by atoms with Crippen LogP contribution in [0.15, 0.2) is 31.8 Å². The average Bonchev–Trinajstić information content (AvgIpc) is 2.85. The summed E-state index contributed by atoms with van der Waals surface area (Å²) in [7, 11) is -3.75. The number of sulfonamides is 1. The van der Waals surface area contributed by atoms with E-state index < -0.39 is 15.6 Å². The van der Waals surface area contributed by atoms with Crippen molar-refractivity contribution in [3.63, 3.8) is 0 Å². The van der Waals surface area contributed by atoms with Crippen molar-refractivity contribution in [2.75, 3.05) is 11.8 Å². The van der Waals surface area contributed by atoms with E-state index in [0.29, 0.717) is 11.4 Å². The molecule has 0 radical (unpaired) electrons. The molecule has 0 aliphatic carbocycles. The van der Waals surface area contributed by atoms with Crippen molar-refractivity contribution in [2.45, 2.75) is 17.4 Å². The highest BCUT2D eigenvalue weighted by atomic mass is 35.5. The van der Waals surface area contributed by atoms with E-state index >= 15 is 0 Å². The molecule has 1 aliphatic heterocycles. The van der Waals surface area contributed by atoms with Crippen LogP contribution in [0, 0.1) is 0 Å². The molecule has 0 atom stereocenters. The smallest absolute Gasteiger partial charge is 0.207 e. The number of rotatable bonds is 5. The highest BCUT2D eigenvalue weighted by Crippen LogP contribution is 2.37. The number of nitrogens with one attached hydrogen (secondary N) is 1. The number of hydrogen-bond acceptors (Lipinski definition) is 4. The van der Waals surface area contributed by atoms with Crippen LogP contribution in [0.1, 0.15) is 6.92 Å². The molecule has 0 amide bonds. The molecule has 1 aromatic carbocycles. The second-order valence-electron chi connectivity index (χ2n) is 4.32. The van der Waals surface area contributed by atoms with Crippen molar-refractivity contribution in [3.8, 4) is 0 Å². The molecule has 1 N–H and O–H groups in total. The Balaban J connectivity index is 2.42. The fourth-order valence-corrected chi connectivity index (χ4v) is 4.22. The molecule has 19 heavy (non-hydrogen) atoms. The van der Waals surface area contributed by atoms with E-state index in [1.54, 1.807) is 19.1 Å². The van der Waals surface area contributed by atoms with Crippen LogP contribution in [0.5, 0.6) is 0 Å². The van der Waals surface area contributed by atoms with Crippen LogP contribution in [0.4, 0.5) is 11.4 Å². The van der Waals surface area contributed by atoms with Gasteiger partial charge in [0.05, 0.1) is 16.9 Å². The van der Waals surface area contributed by atoms with Gasteiger partial charge in [-0.05, 0) is 19.1 Å². The Bertz CT molecular complexity index is 665. The van der Waals surface area contributed by atoms with Crippen LogP contribution >= 0.6 is 23.2 Å². The Kier molecular flexibility index (Phi) is 4.32. The van der Waals surface area contributed by atoms with Crippen LogP contribution in [-0.2, 0) is 21.4 Å². The summed E-state index contributed by atoms with van der Waals surface area (Å²) in [6.07, 6.45) is 0. The summed E-state index contributed by atoms with van der Waals surface area (Å²) >= 11 is 12.5. The Morgan fingerprint density at radius 2 is 2.00 bits per heavy atom. The topological polar surface area (TPSA) is 70.9 Å². The third kappa shape index (κ3) is 3.00. The molecule has 0 unspecified atom stereocenters. The maximum Gasteiger partial charge on any atom is 0.243 e. The number of benzene rings is 1. The number of halogens is 2. The van der Waals surface area contributed by atoms with E-state index in [2.05, 4.69) is 13.4 Å². The van der Waals surface area contributed by atoms with E-state index in [0.717, 1.165) is 11.4 Å². The number of nitrogens with zero attached hydrogens (tertiary/aromatic N) is 2. The minimum Gasteiger partial charge on any atom is -0.207 e. The predicted octanol–water partition coefficient (Wildman–Crippen LogP) is 2.93. The van der Waals surface area contributed by atoms with E-state index in [1.165, 1.54) is 6.07 Å². The molecule has 0 spiro atoms. The average molecular weight is 340 g/mol. The lowest BCUT2D eigenvalue weighted by molar-refractivity contribution is 0.500. The van der Waals surface area contributed by atoms with E-state index in [4.69, 9.17) is 23.2 Å². The maximum absolute atomic E-state index is 12.4. The third-order valence-corrected chi connectivity index (χ3v) is 5.90. The van der Waals surface area contributed by atoms with E-state index in [9.17, 15) is 8.42 Å². The molecule has 0 bridgehead atoms. The summed E-state index contributed by atoms with van der Waals surface area (Å²) in [6.45, 7) is 1.64. The largest absolute Gasteiger partial charge is 0.243 e. The maximum atomic E-state index is 12.4. The molecule has 0 aromatic heterocycles. The van der Waals surface area contributed by atoms with Crippen LogP contribution in [0.25, 0.3) is 0 Å². The standard InChI is InChI=1S/C10H11Cl2N3O2S2/c1-10(5-11,6-12)15-19(16,17)8-4-2-3-7-9(8)14-18-13-7/h2-4,15H,5-6H2,1H3. The molecule has 2 rings (SSSR count). The second kappa shape index (κ2) is 5.49. The highest BCUT2D eigenvalue weighted by Gasteiger charge is 2.31. The molecule has 0 saturated carbocycles. The summed E-state index contributed by atoms with van der Waals surface area (Å²) in [5.41, 5.74) is -0.00841. The van der Waals surface area contributed by atoms with Gasteiger partial charge in [-0.25, -0.2) is 13.1 Å². The van der Waals surface area contributed by atoms with Gasteiger partial charge in [0.25, 0.3) is 0 Å². The Morgan fingerprint density at radius 1 is 1.32 bits per heavy atom. The molecule has 1 heterocycles. The molecular weight excluding hydrogens is 329 g/mol. The van der Waals surface area contributed by atoms with E-state index in [1.807, 2.05) is 0 Å². The van der Waals surface area contributed by atoms with Crippen molar-refractivity contribution in [1.82, 2.24) is 4.72 Å². The summed E-state index contributed by atoms with van der Waals surface area (Å²) in [5.74, 6) is 0.141. The zero-order chi connectivity index (χ0) is 14.1. The summed E-state index contributed by atoms with van der Waals surface area (Å²) in [5, 5.41) is 0. The van der Waals surface area contributed by atoms with Gasteiger partial charge in [0.15, 0.2) is 0 Å². The Hall–Kier alpha value is -0.470. The molecule has 9 heteroatoms. The predicted molar refractivity (Wildman–Crippen MR) is 78.1 cm³/mol. The highest BCUT2D eigenvalue weighted by molar-refractivity contribution is 7.89. The second-order valence-corrected chi connectivity index (χ2v) is 7.04.